The average molecular weight is 286 g/mol. The van der Waals surface area contributed by atoms with E-state index < -0.39 is 0 Å². The molecule has 21 heavy (non-hydrogen) atoms. The lowest BCUT2D eigenvalue weighted by molar-refractivity contribution is -0.132. The van der Waals surface area contributed by atoms with Crippen LogP contribution in [0.5, 0.6) is 5.75 Å². The molecule has 0 aliphatic carbocycles. The summed E-state index contributed by atoms with van der Waals surface area (Å²) >= 11 is 0. The first kappa shape index (κ1) is 13.6. The van der Waals surface area contributed by atoms with Gasteiger partial charge in [-0.2, -0.15) is 0 Å². The molecule has 0 saturated heterocycles. The molecule has 1 aromatic carbocycles. The second-order valence-electron chi connectivity index (χ2n) is 5.01. The first-order valence-electron chi connectivity index (χ1n) is 7.12. The number of amides is 1. The number of aromatic nitrogens is 3. The molecule has 0 saturated carbocycles. The first-order chi connectivity index (χ1) is 10.3. The van der Waals surface area contributed by atoms with Crippen LogP contribution < -0.4 is 4.74 Å². The Morgan fingerprint density at radius 3 is 2.86 bits per heavy atom. The molecule has 0 atom stereocenters. The van der Waals surface area contributed by atoms with E-state index in [-0.39, 0.29) is 5.91 Å². The van der Waals surface area contributed by atoms with Crippen LogP contribution in [0, 0.1) is 0 Å². The number of nitrogens with zero attached hydrogens (tertiary/aromatic N) is 4. The van der Waals surface area contributed by atoms with Gasteiger partial charge in [0.05, 0.1) is 19.6 Å². The summed E-state index contributed by atoms with van der Waals surface area (Å²) in [5, 5.41) is 7.90. The van der Waals surface area contributed by atoms with E-state index in [2.05, 4.69) is 10.2 Å². The maximum absolute atomic E-state index is 12.3. The lowest BCUT2D eigenvalue weighted by Crippen LogP contribution is -2.39. The van der Waals surface area contributed by atoms with Gasteiger partial charge in [-0.3, -0.25) is 4.79 Å². The number of hydrogen-bond acceptors (Lipinski definition) is 4. The normalized spacial score (nSPS) is 13.9. The number of carbonyl (C=O) groups is 1. The minimum Gasteiger partial charge on any atom is -0.494 e. The van der Waals surface area contributed by atoms with Crippen LogP contribution in [0.2, 0.25) is 0 Å². The number of fused-ring (bicyclic) bond motifs is 1. The van der Waals surface area contributed by atoms with Crippen LogP contribution in [-0.4, -0.2) is 38.7 Å². The minimum absolute atomic E-state index is 0.119. The summed E-state index contributed by atoms with van der Waals surface area (Å²) in [5.74, 6) is 1.80. The van der Waals surface area contributed by atoms with Crippen LogP contribution in [-0.2, 0) is 24.3 Å². The second-order valence-corrected chi connectivity index (χ2v) is 5.01. The molecule has 0 N–H and O–H groups in total. The molecule has 1 amide bonds. The maximum atomic E-state index is 12.3. The van der Waals surface area contributed by atoms with Crippen molar-refractivity contribution in [1.29, 1.82) is 0 Å². The molecule has 0 bridgehead atoms. The number of hydrogen-bond donors (Lipinski definition) is 0. The highest BCUT2D eigenvalue weighted by atomic mass is 16.5. The predicted molar refractivity (Wildman–Crippen MR) is 76.8 cm³/mol. The lowest BCUT2D eigenvalue weighted by atomic mass is 10.1. The summed E-state index contributed by atoms with van der Waals surface area (Å²) in [5.41, 5.74) is 0.996. The van der Waals surface area contributed by atoms with Crippen molar-refractivity contribution in [2.45, 2.75) is 26.4 Å². The van der Waals surface area contributed by atoms with Crippen molar-refractivity contribution in [1.82, 2.24) is 19.7 Å². The predicted octanol–water partition coefficient (Wildman–Crippen LogP) is 1.26. The average Bonchev–Trinajstić information content (AvgIpc) is 2.97. The van der Waals surface area contributed by atoms with Crippen LogP contribution in [0.4, 0.5) is 0 Å². The summed E-state index contributed by atoms with van der Waals surface area (Å²) in [7, 11) is 0. The van der Waals surface area contributed by atoms with Gasteiger partial charge in [0.2, 0.25) is 5.91 Å². The summed E-state index contributed by atoms with van der Waals surface area (Å²) in [6.45, 7) is 4.60. The van der Waals surface area contributed by atoms with Crippen LogP contribution in [0.3, 0.4) is 0 Å². The summed E-state index contributed by atoms with van der Waals surface area (Å²) in [6.07, 6.45) is 2.12. The Kier molecular flexibility index (Phi) is 3.85. The van der Waals surface area contributed by atoms with Crippen molar-refractivity contribution in [3.63, 3.8) is 0 Å². The van der Waals surface area contributed by atoms with Gasteiger partial charge in [0, 0.05) is 13.1 Å². The minimum atomic E-state index is 0.119. The Morgan fingerprint density at radius 1 is 1.29 bits per heavy atom. The Morgan fingerprint density at radius 2 is 2.10 bits per heavy atom. The standard InChI is InChI=1S/C15H18N4O2/c1-2-21-13-5-3-12(4-6-13)9-15(20)18-7-8-19-11-16-17-14(19)10-18/h3-6,11H,2,7-10H2,1H3. The molecule has 1 aliphatic heterocycles. The quantitative estimate of drug-likeness (QED) is 0.849. The van der Waals surface area contributed by atoms with Gasteiger partial charge in [-0.05, 0) is 24.6 Å². The van der Waals surface area contributed by atoms with Crippen LogP contribution in [0.25, 0.3) is 0 Å². The van der Waals surface area contributed by atoms with Gasteiger partial charge in [0.15, 0.2) is 5.82 Å². The Bertz CT molecular complexity index is 621. The molecule has 2 aromatic rings. The zero-order valence-electron chi connectivity index (χ0n) is 12.0. The van der Waals surface area contributed by atoms with Crippen molar-refractivity contribution in [3.05, 3.63) is 42.0 Å². The Balaban J connectivity index is 1.61. The van der Waals surface area contributed by atoms with Crippen molar-refractivity contribution < 1.29 is 9.53 Å². The fourth-order valence-electron chi connectivity index (χ4n) is 2.44. The number of rotatable bonds is 4. The molecule has 0 fully saturated rings. The van der Waals surface area contributed by atoms with Gasteiger partial charge in [-0.25, -0.2) is 0 Å². The molecule has 6 nitrogen and oxygen atoms in total. The Hall–Kier alpha value is -2.37. The van der Waals surface area contributed by atoms with Gasteiger partial charge in [0.1, 0.15) is 12.1 Å². The lowest BCUT2D eigenvalue weighted by Gasteiger charge is -2.27. The number of carbonyl (C=O) groups excluding carboxylic acids is 1. The molecule has 110 valence electrons. The van der Waals surface area contributed by atoms with E-state index >= 15 is 0 Å². The Labute approximate surface area is 123 Å². The summed E-state index contributed by atoms with van der Waals surface area (Å²) in [6, 6.07) is 7.68. The molecule has 6 heteroatoms. The van der Waals surface area contributed by atoms with Crippen LogP contribution in [0.1, 0.15) is 18.3 Å². The highest BCUT2D eigenvalue weighted by Crippen LogP contribution is 2.15. The number of ether oxygens (including phenoxy) is 1. The summed E-state index contributed by atoms with van der Waals surface area (Å²) in [4.78, 5) is 14.2. The van der Waals surface area contributed by atoms with Crippen molar-refractivity contribution in [2.24, 2.45) is 0 Å². The monoisotopic (exact) mass is 286 g/mol. The van der Waals surface area contributed by atoms with E-state index in [0.717, 1.165) is 23.7 Å². The van der Waals surface area contributed by atoms with Crippen molar-refractivity contribution >= 4 is 5.91 Å². The van der Waals surface area contributed by atoms with Crippen molar-refractivity contribution in [2.75, 3.05) is 13.2 Å². The summed E-state index contributed by atoms with van der Waals surface area (Å²) < 4.78 is 7.39. The van der Waals surface area contributed by atoms with E-state index in [4.69, 9.17) is 4.74 Å². The molecular formula is C15H18N4O2. The maximum Gasteiger partial charge on any atom is 0.227 e. The molecule has 0 spiro atoms. The third-order valence-corrected chi connectivity index (χ3v) is 3.58. The van der Waals surface area contributed by atoms with E-state index in [9.17, 15) is 4.79 Å². The molecule has 1 aromatic heterocycles. The van der Waals surface area contributed by atoms with Gasteiger partial charge in [0.25, 0.3) is 0 Å². The third kappa shape index (κ3) is 3.04. The molecule has 0 radical (unpaired) electrons. The smallest absolute Gasteiger partial charge is 0.227 e. The highest BCUT2D eigenvalue weighted by Gasteiger charge is 2.21. The molecule has 1 aliphatic rings. The fraction of sp³-hybridized carbons (Fsp3) is 0.400. The second kappa shape index (κ2) is 5.95. The largest absolute Gasteiger partial charge is 0.494 e. The SMILES string of the molecule is CCOc1ccc(CC(=O)N2CCn3cnnc3C2)cc1. The van der Waals surface area contributed by atoms with Gasteiger partial charge in [-0.1, -0.05) is 12.1 Å². The molecule has 3 rings (SSSR count). The topological polar surface area (TPSA) is 60.2 Å². The van der Waals surface area contributed by atoms with Crippen LogP contribution >= 0.6 is 0 Å². The molecule has 0 unspecified atom stereocenters. The zero-order chi connectivity index (χ0) is 14.7. The fourth-order valence-corrected chi connectivity index (χ4v) is 2.44. The number of benzene rings is 1. The van der Waals surface area contributed by atoms with E-state index in [1.165, 1.54) is 0 Å². The highest BCUT2D eigenvalue weighted by molar-refractivity contribution is 5.78. The molecular weight excluding hydrogens is 268 g/mol. The van der Waals surface area contributed by atoms with Gasteiger partial charge < -0.3 is 14.2 Å². The van der Waals surface area contributed by atoms with Gasteiger partial charge >= 0.3 is 0 Å². The van der Waals surface area contributed by atoms with Crippen LogP contribution in [0.15, 0.2) is 30.6 Å². The van der Waals surface area contributed by atoms with E-state index in [1.54, 1.807) is 6.33 Å². The van der Waals surface area contributed by atoms with E-state index in [1.807, 2.05) is 40.7 Å². The first-order valence-corrected chi connectivity index (χ1v) is 7.12. The molecule has 2 heterocycles. The van der Waals surface area contributed by atoms with E-state index in [0.29, 0.717) is 26.1 Å². The van der Waals surface area contributed by atoms with Gasteiger partial charge in [-0.15, -0.1) is 10.2 Å². The zero-order valence-corrected chi connectivity index (χ0v) is 12.0. The third-order valence-electron chi connectivity index (χ3n) is 3.58. The van der Waals surface area contributed by atoms with Crippen molar-refractivity contribution in [3.8, 4) is 5.75 Å².